The lowest BCUT2D eigenvalue weighted by Gasteiger charge is -2.20. The summed E-state index contributed by atoms with van der Waals surface area (Å²) in [5, 5.41) is 8.59. The van der Waals surface area contributed by atoms with Crippen molar-refractivity contribution in [3.8, 4) is 0 Å². The first-order valence-electron chi connectivity index (χ1n) is 6.20. The second kappa shape index (κ2) is 6.23. The van der Waals surface area contributed by atoms with Gasteiger partial charge in [-0.15, -0.1) is 0 Å². The average Bonchev–Trinajstić information content (AvgIpc) is 2.24. The number of aliphatic carboxylic acids is 1. The van der Waals surface area contributed by atoms with Crippen LogP contribution in [-0.2, 0) is 21.4 Å². The molecule has 0 spiro atoms. The van der Waals surface area contributed by atoms with Gasteiger partial charge in [-0.05, 0) is 44.9 Å². The van der Waals surface area contributed by atoms with Gasteiger partial charge >= 0.3 is 5.97 Å². The maximum atomic E-state index is 11.8. The van der Waals surface area contributed by atoms with Crippen LogP contribution in [0.15, 0.2) is 24.3 Å². The van der Waals surface area contributed by atoms with Crippen LogP contribution in [0.3, 0.4) is 0 Å². The number of aryl methyl sites for hydroxylation is 1. The maximum absolute atomic E-state index is 11.8. The van der Waals surface area contributed by atoms with Gasteiger partial charge in [-0.25, -0.2) is 0 Å². The van der Waals surface area contributed by atoms with Crippen LogP contribution in [0, 0.1) is 0 Å². The first-order valence-corrected chi connectivity index (χ1v) is 7.68. The van der Waals surface area contributed by atoms with Crippen LogP contribution in [0.4, 0.5) is 5.69 Å². The van der Waals surface area contributed by atoms with E-state index in [1.807, 2.05) is 0 Å². The molecule has 0 radical (unpaired) electrons. The number of hydrogen-bond donors (Lipinski definition) is 3. The van der Waals surface area contributed by atoms with Crippen molar-refractivity contribution >= 4 is 21.9 Å². The van der Waals surface area contributed by atoms with E-state index in [-0.39, 0.29) is 6.42 Å². The van der Waals surface area contributed by atoms with Gasteiger partial charge in [0.05, 0.1) is 0 Å². The van der Waals surface area contributed by atoms with Crippen molar-refractivity contribution in [1.29, 1.82) is 0 Å². The van der Waals surface area contributed by atoms with E-state index in [1.165, 1.54) is 0 Å². The number of anilines is 1. The molecule has 112 valence electrons. The Morgan fingerprint density at radius 2 is 1.75 bits per heavy atom. The van der Waals surface area contributed by atoms with Gasteiger partial charge in [-0.1, -0.05) is 12.1 Å². The van der Waals surface area contributed by atoms with Gasteiger partial charge in [-0.2, -0.15) is 13.1 Å². The van der Waals surface area contributed by atoms with Crippen LogP contribution < -0.4 is 9.44 Å². The molecule has 6 nitrogen and oxygen atoms in total. The first-order chi connectivity index (χ1) is 9.07. The normalized spacial score (nSPS) is 12.2. The Bertz CT molecular complexity index is 559. The summed E-state index contributed by atoms with van der Waals surface area (Å²) in [6, 6.07) is 6.63. The Hall–Kier alpha value is -1.60. The summed E-state index contributed by atoms with van der Waals surface area (Å²) < 4.78 is 28.5. The van der Waals surface area contributed by atoms with E-state index in [0.29, 0.717) is 12.1 Å². The monoisotopic (exact) mass is 300 g/mol. The second-order valence-corrected chi connectivity index (χ2v) is 6.96. The van der Waals surface area contributed by atoms with Crippen molar-refractivity contribution in [2.75, 3.05) is 4.72 Å². The zero-order valence-corrected chi connectivity index (χ0v) is 12.6. The van der Waals surface area contributed by atoms with E-state index >= 15 is 0 Å². The fourth-order valence-corrected chi connectivity index (χ4v) is 2.88. The van der Waals surface area contributed by atoms with E-state index in [2.05, 4.69) is 9.44 Å². The average molecular weight is 300 g/mol. The molecule has 0 bridgehead atoms. The highest BCUT2D eigenvalue weighted by Gasteiger charge is 2.19. The van der Waals surface area contributed by atoms with E-state index in [9.17, 15) is 13.2 Å². The third kappa shape index (κ3) is 6.53. The quantitative estimate of drug-likeness (QED) is 0.746. The molecule has 7 heteroatoms. The Labute approximate surface area is 119 Å². The van der Waals surface area contributed by atoms with Crippen LogP contribution in [0.2, 0.25) is 0 Å². The van der Waals surface area contributed by atoms with E-state index in [4.69, 9.17) is 5.11 Å². The Morgan fingerprint density at radius 3 is 2.20 bits per heavy atom. The third-order valence-electron chi connectivity index (χ3n) is 2.27. The SMILES string of the molecule is CC(C)(C)NS(=O)(=O)Nc1ccc(CCC(=O)O)cc1. The standard InChI is InChI=1S/C13H20N2O4S/c1-13(2,3)15-20(18,19)14-11-7-4-10(5-8-11)6-9-12(16)17/h4-5,7-8,14-15H,6,9H2,1-3H3,(H,16,17). The van der Waals surface area contributed by atoms with Crippen molar-refractivity contribution in [3.63, 3.8) is 0 Å². The van der Waals surface area contributed by atoms with Gasteiger partial charge in [0.25, 0.3) is 10.2 Å². The smallest absolute Gasteiger partial charge is 0.303 e. The zero-order chi connectivity index (χ0) is 15.4. The number of benzene rings is 1. The Kier molecular flexibility index (Phi) is 5.13. The molecule has 1 aromatic carbocycles. The van der Waals surface area contributed by atoms with Crippen LogP contribution in [0.25, 0.3) is 0 Å². The van der Waals surface area contributed by atoms with Crippen LogP contribution in [-0.4, -0.2) is 25.0 Å². The molecule has 0 aliphatic heterocycles. The minimum atomic E-state index is -3.63. The number of hydrogen-bond acceptors (Lipinski definition) is 3. The lowest BCUT2D eigenvalue weighted by Crippen LogP contribution is -2.43. The van der Waals surface area contributed by atoms with Gasteiger partial charge in [0, 0.05) is 17.6 Å². The highest BCUT2D eigenvalue weighted by Crippen LogP contribution is 2.13. The van der Waals surface area contributed by atoms with E-state index < -0.39 is 21.7 Å². The Morgan fingerprint density at radius 1 is 1.20 bits per heavy atom. The second-order valence-electron chi connectivity index (χ2n) is 5.55. The molecule has 0 saturated heterocycles. The molecule has 0 unspecified atom stereocenters. The molecule has 0 aliphatic rings. The van der Waals surface area contributed by atoms with Gasteiger partial charge in [0.2, 0.25) is 0 Å². The van der Waals surface area contributed by atoms with Gasteiger partial charge < -0.3 is 5.11 Å². The number of carboxylic acids is 1. The van der Waals surface area contributed by atoms with E-state index in [0.717, 1.165) is 5.56 Å². The fraction of sp³-hybridized carbons (Fsp3) is 0.462. The topological polar surface area (TPSA) is 95.5 Å². The maximum Gasteiger partial charge on any atom is 0.303 e. The number of carboxylic acid groups (broad SMARTS) is 1. The molecular weight excluding hydrogens is 280 g/mol. The van der Waals surface area contributed by atoms with Crippen LogP contribution >= 0.6 is 0 Å². The minimum absolute atomic E-state index is 0.0522. The Balaban J connectivity index is 2.68. The highest BCUT2D eigenvalue weighted by molar-refractivity contribution is 7.90. The van der Waals surface area contributed by atoms with Crippen molar-refractivity contribution in [1.82, 2.24) is 4.72 Å². The molecule has 0 amide bonds. The van der Waals surface area contributed by atoms with Gasteiger partial charge in [-0.3, -0.25) is 9.52 Å². The molecule has 0 heterocycles. The molecule has 1 rings (SSSR count). The molecule has 0 saturated carbocycles. The molecule has 0 aromatic heterocycles. The molecular formula is C13H20N2O4S. The molecule has 0 aliphatic carbocycles. The van der Waals surface area contributed by atoms with Crippen molar-refractivity contribution in [2.45, 2.75) is 39.2 Å². The van der Waals surface area contributed by atoms with Gasteiger partial charge in [0.15, 0.2) is 0 Å². The van der Waals surface area contributed by atoms with Crippen LogP contribution in [0.5, 0.6) is 0 Å². The highest BCUT2D eigenvalue weighted by atomic mass is 32.2. The predicted molar refractivity (Wildman–Crippen MR) is 77.8 cm³/mol. The molecule has 1 aromatic rings. The third-order valence-corrected chi connectivity index (χ3v) is 3.66. The largest absolute Gasteiger partial charge is 0.481 e. The zero-order valence-electron chi connectivity index (χ0n) is 11.8. The minimum Gasteiger partial charge on any atom is -0.481 e. The number of carbonyl (C=O) groups is 1. The summed E-state index contributed by atoms with van der Waals surface area (Å²) in [4.78, 5) is 10.5. The van der Waals surface area contributed by atoms with E-state index in [1.54, 1.807) is 45.0 Å². The lowest BCUT2D eigenvalue weighted by atomic mass is 10.1. The predicted octanol–water partition coefficient (Wildman–Crippen LogP) is 1.75. The summed E-state index contributed by atoms with van der Waals surface area (Å²) in [7, 11) is -3.63. The number of rotatable bonds is 6. The molecule has 0 fully saturated rings. The van der Waals surface area contributed by atoms with Crippen molar-refractivity contribution in [3.05, 3.63) is 29.8 Å². The summed E-state index contributed by atoms with van der Waals surface area (Å²) in [5.74, 6) is -0.857. The molecule has 3 N–H and O–H groups in total. The van der Waals surface area contributed by atoms with Crippen molar-refractivity contribution in [2.24, 2.45) is 0 Å². The summed E-state index contributed by atoms with van der Waals surface area (Å²) in [6.45, 7) is 5.25. The van der Waals surface area contributed by atoms with Gasteiger partial charge in [0.1, 0.15) is 0 Å². The van der Waals surface area contributed by atoms with Crippen molar-refractivity contribution < 1.29 is 18.3 Å². The molecule has 20 heavy (non-hydrogen) atoms. The number of nitrogens with one attached hydrogen (secondary N) is 2. The summed E-state index contributed by atoms with van der Waals surface area (Å²) >= 11 is 0. The summed E-state index contributed by atoms with van der Waals surface area (Å²) in [6.07, 6.45) is 0.471. The summed E-state index contributed by atoms with van der Waals surface area (Å²) in [5.41, 5.74) is 0.715. The lowest BCUT2D eigenvalue weighted by molar-refractivity contribution is -0.136. The first kappa shape index (κ1) is 16.5. The fourth-order valence-electron chi connectivity index (χ4n) is 1.57. The molecule has 0 atom stereocenters. The van der Waals surface area contributed by atoms with Crippen LogP contribution in [0.1, 0.15) is 32.8 Å².